The van der Waals surface area contributed by atoms with Crippen molar-refractivity contribution < 1.29 is 0 Å². The van der Waals surface area contributed by atoms with Crippen molar-refractivity contribution in [1.82, 2.24) is 14.4 Å². The summed E-state index contributed by atoms with van der Waals surface area (Å²) in [7, 11) is 0. The van der Waals surface area contributed by atoms with Gasteiger partial charge in [0.25, 0.3) is 0 Å². The Morgan fingerprint density at radius 3 is 2.79 bits per heavy atom. The van der Waals surface area contributed by atoms with Crippen LogP contribution in [0.3, 0.4) is 0 Å². The fourth-order valence-electron chi connectivity index (χ4n) is 1.95. The zero-order valence-corrected chi connectivity index (χ0v) is 10.0. The molecule has 0 unspecified atom stereocenters. The minimum Gasteiger partial charge on any atom is -0.383 e. The molecule has 94 valence electrons. The molecule has 0 bridgehead atoms. The molecule has 0 aliphatic rings. The van der Waals surface area contributed by atoms with Crippen LogP contribution < -0.4 is 11.5 Å². The smallest absolute Gasteiger partial charge is 0.142 e. The third kappa shape index (κ3) is 1.89. The number of fused-ring (bicyclic) bond motifs is 1. The fraction of sp³-hybridized carbons (Fsp3) is 0. The molecule has 6 heteroatoms. The lowest BCUT2D eigenvalue weighted by Gasteiger charge is -2.05. The van der Waals surface area contributed by atoms with Crippen LogP contribution in [0, 0.1) is 5.41 Å². The second-order valence-corrected chi connectivity index (χ2v) is 4.19. The van der Waals surface area contributed by atoms with Crippen molar-refractivity contribution in [2.45, 2.75) is 0 Å². The van der Waals surface area contributed by atoms with Crippen LogP contribution in [0.5, 0.6) is 0 Å². The summed E-state index contributed by atoms with van der Waals surface area (Å²) in [6.07, 6.45) is 6.55. The molecule has 0 saturated carbocycles. The van der Waals surface area contributed by atoms with E-state index in [1.165, 1.54) is 6.21 Å². The van der Waals surface area contributed by atoms with Crippen LogP contribution in [0.15, 0.2) is 36.8 Å². The zero-order valence-electron chi connectivity index (χ0n) is 10.0. The lowest BCUT2D eigenvalue weighted by Crippen LogP contribution is -1.97. The minimum absolute atomic E-state index is 0.353. The van der Waals surface area contributed by atoms with Crippen LogP contribution >= 0.6 is 0 Å². The predicted octanol–water partition coefficient (Wildman–Crippen LogP) is 1.56. The number of anilines is 2. The molecule has 3 heterocycles. The standard InChI is InChI=1S/C13H12N6/c14-4-9-3-10(5-17-13(9)16)8-1-2-12-18-11(15)7-19(12)6-8/h1-7,14H,15H2,(H2,16,17). The highest BCUT2D eigenvalue weighted by atomic mass is 15.0. The average Bonchev–Trinajstić information content (AvgIpc) is 2.78. The first-order chi connectivity index (χ1) is 9.17. The van der Waals surface area contributed by atoms with E-state index in [-0.39, 0.29) is 0 Å². The number of hydrogen-bond acceptors (Lipinski definition) is 5. The van der Waals surface area contributed by atoms with E-state index in [4.69, 9.17) is 16.9 Å². The molecule has 3 aromatic heterocycles. The van der Waals surface area contributed by atoms with Gasteiger partial charge in [-0.3, -0.25) is 0 Å². The van der Waals surface area contributed by atoms with Gasteiger partial charge in [0.05, 0.1) is 6.20 Å². The Morgan fingerprint density at radius 2 is 2.00 bits per heavy atom. The third-order valence-electron chi connectivity index (χ3n) is 2.91. The van der Waals surface area contributed by atoms with Crippen molar-refractivity contribution in [1.29, 1.82) is 5.41 Å². The van der Waals surface area contributed by atoms with Crippen LogP contribution in [0.2, 0.25) is 0 Å². The van der Waals surface area contributed by atoms with Crippen LogP contribution in [-0.4, -0.2) is 20.6 Å². The molecular formula is C13H12N6. The summed E-state index contributed by atoms with van der Waals surface area (Å²) in [5.74, 6) is 0.833. The quantitative estimate of drug-likeness (QED) is 0.601. The monoisotopic (exact) mass is 252 g/mol. The fourth-order valence-corrected chi connectivity index (χ4v) is 1.95. The van der Waals surface area contributed by atoms with Gasteiger partial charge in [0.1, 0.15) is 17.3 Å². The van der Waals surface area contributed by atoms with E-state index in [1.807, 2.05) is 28.8 Å². The van der Waals surface area contributed by atoms with Crippen LogP contribution in [0.1, 0.15) is 5.56 Å². The van der Waals surface area contributed by atoms with Gasteiger partial charge in [-0.25, -0.2) is 9.97 Å². The van der Waals surface area contributed by atoms with E-state index in [0.29, 0.717) is 17.2 Å². The van der Waals surface area contributed by atoms with Crippen molar-refractivity contribution in [2.75, 3.05) is 11.5 Å². The molecule has 0 saturated heterocycles. The number of rotatable bonds is 2. The summed E-state index contributed by atoms with van der Waals surface area (Å²) in [6.45, 7) is 0. The second-order valence-electron chi connectivity index (χ2n) is 4.19. The summed E-state index contributed by atoms with van der Waals surface area (Å²) in [4.78, 5) is 8.25. The molecule has 0 aliphatic carbocycles. The molecule has 19 heavy (non-hydrogen) atoms. The van der Waals surface area contributed by atoms with Gasteiger partial charge in [-0.1, -0.05) is 0 Å². The van der Waals surface area contributed by atoms with Gasteiger partial charge in [0, 0.05) is 35.3 Å². The van der Waals surface area contributed by atoms with Crippen molar-refractivity contribution in [3.8, 4) is 11.1 Å². The van der Waals surface area contributed by atoms with E-state index in [1.54, 1.807) is 12.4 Å². The SMILES string of the molecule is N=Cc1cc(-c2ccc3nc(N)cn3c2)cnc1N. The summed E-state index contributed by atoms with van der Waals surface area (Å²) in [5, 5.41) is 7.30. The molecule has 6 nitrogen and oxygen atoms in total. The minimum atomic E-state index is 0.353. The van der Waals surface area contributed by atoms with Gasteiger partial charge < -0.3 is 21.3 Å². The molecule has 0 radical (unpaired) electrons. The molecule has 0 fully saturated rings. The van der Waals surface area contributed by atoms with Gasteiger partial charge in [-0.15, -0.1) is 0 Å². The number of nitrogens with one attached hydrogen (secondary N) is 1. The number of nitrogens with zero attached hydrogens (tertiary/aromatic N) is 3. The van der Waals surface area contributed by atoms with Gasteiger partial charge in [-0.05, 0) is 18.2 Å². The van der Waals surface area contributed by atoms with Gasteiger partial charge >= 0.3 is 0 Å². The first-order valence-corrected chi connectivity index (χ1v) is 5.68. The zero-order chi connectivity index (χ0) is 13.4. The van der Waals surface area contributed by atoms with Crippen molar-refractivity contribution in [3.63, 3.8) is 0 Å². The van der Waals surface area contributed by atoms with Crippen LogP contribution in [0.25, 0.3) is 16.8 Å². The maximum atomic E-state index is 7.30. The average molecular weight is 252 g/mol. The van der Waals surface area contributed by atoms with Crippen molar-refractivity contribution >= 4 is 23.5 Å². The normalized spacial score (nSPS) is 10.7. The number of hydrogen-bond donors (Lipinski definition) is 3. The topological polar surface area (TPSA) is 106 Å². The maximum Gasteiger partial charge on any atom is 0.142 e. The molecule has 0 atom stereocenters. The molecule has 3 rings (SSSR count). The van der Waals surface area contributed by atoms with E-state index in [9.17, 15) is 0 Å². The van der Waals surface area contributed by atoms with E-state index < -0.39 is 0 Å². The van der Waals surface area contributed by atoms with E-state index in [2.05, 4.69) is 9.97 Å². The number of imidazole rings is 1. The Morgan fingerprint density at radius 1 is 1.16 bits per heavy atom. The number of nitrogen functional groups attached to an aromatic ring is 2. The lowest BCUT2D eigenvalue weighted by molar-refractivity contribution is 1.19. The molecular weight excluding hydrogens is 240 g/mol. The highest BCUT2D eigenvalue weighted by molar-refractivity contribution is 5.85. The number of aromatic nitrogens is 3. The largest absolute Gasteiger partial charge is 0.383 e. The number of nitrogens with two attached hydrogens (primary N) is 2. The van der Waals surface area contributed by atoms with Gasteiger partial charge in [0.2, 0.25) is 0 Å². The van der Waals surface area contributed by atoms with Crippen molar-refractivity contribution in [2.24, 2.45) is 0 Å². The highest BCUT2D eigenvalue weighted by Crippen LogP contribution is 2.22. The molecule has 0 spiro atoms. The predicted molar refractivity (Wildman–Crippen MR) is 75.1 cm³/mol. The Balaban J connectivity index is 2.15. The van der Waals surface area contributed by atoms with Gasteiger partial charge in [-0.2, -0.15) is 0 Å². The Kier molecular flexibility index (Phi) is 2.42. The Bertz CT molecular complexity index is 774. The van der Waals surface area contributed by atoms with Crippen LogP contribution in [-0.2, 0) is 0 Å². The Hall–Kier alpha value is -2.89. The second kappa shape index (κ2) is 4.09. The summed E-state index contributed by atoms with van der Waals surface area (Å²) in [5.41, 5.74) is 14.6. The molecule has 0 amide bonds. The number of pyridine rings is 2. The van der Waals surface area contributed by atoms with Crippen LogP contribution in [0.4, 0.5) is 11.6 Å². The summed E-state index contributed by atoms with van der Waals surface area (Å²) < 4.78 is 1.85. The van der Waals surface area contributed by atoms with Crippen molar-refractivity contribution in [3.05, 3.63) is 42.4 Å². The van der Waals surface area contributed by atoms with E-state index >= 15 is 0 Å². The first-order valence-electron chi connectivity index (χ1n) is 5.68. The van der Waals surface area contributed by atoms with Gasteiger partial charge in [0.15, 0.2) is 0 Å². The molecule has 0 aliphatic heterocycles. The van der Waals surface area contributed by atoms with E-state index in [0.717, 1.165) is 16.8 Å². The Labute approximate surface area is 109 Å². The highest BCUT2D eigenvalue weighted by Gasteiger charge is 2.05. The molecule has 3 aromatic rings. The molecule has 0 aromatic carbocycles. The summed E-state index contributed by atoms with van der Waals surface area (Å²) in [6, 6.07) is 5.64. The first kappa shape index (κ1) is 11.2. The molecule has 5 N–H and O–H groups in total. The third-order valence-corrected chi connectivity index (χ3v) is 2.91. The lowest BCUT2D eigenvalue weighted by atomic mass is 10.1. The maximum absolute atomic E-state index is 7.30. The summed E-state index contributed by atoms with van der Waals surface area (Å²) >= 11 is 0.